The monoisotopic (exact) mass is 289 g/mol. The lowest BCUT2D eigenvalue weighted by Crippen LogP contribution is -2.13. The van der Waals surface area contributed by atoms with Gasteiger partial charge in [-0.2, -0.15) is 5.26 Å². The van der Waals surface area contributed by atoms with Crippen molar-refractivity contribution in [1.82, 2.24) is 4.98 Å². The maximum atomic E-state index is 11.6. The summed E-state index contributed by atoms with van der Waals surface area (Å²) >= 11 is 2.91. The molecule has 0 radical (unpaired) electrons. The maximum absolute atomic E-state index is 11.6. The Labute approximate surface area is 119 Å². The van der Waals surface area contributed by atoms with E-state index in [-0.39, 0.29) is 5.91 Å². The Morgan fingerprint density at radius 2 is 2.42 bits per heavy atom. The minimum absolute atomic E-state index is 0.0589. The van der Waals surface area contributed by atoms with Gasteiger partial charge in [-0.3, -0.25) is 4.79 Å². The number of rotatable bonds is 5. The third-order valence-corrected chi connectivity index (χ3v) is 3.93. The van der Waals surface area contributed by atoms with Crippen molar-refractivity contribution in [3.05, 3.63) is 47.0 Å². The number of hydrogen-bond donors (Lipinski definition) is 1. The molecule has 1 amide bonds. The van der Waals surface area contributed by atoms with E-state index in [9.17, 15) is 4.79 Å². The van der Waals surface area contributed by atoms with E-state index >= 15 is 0 Å². The van der Waals surface area contributed by atoms with Crippen LogP contribution < -0.4 is 5.32 Å². The Bertz CT molecular complexity index is 590. The zero-order chi connectivity index (χ0) is 13.5. The van der Waals surface area contributed by atoms with E-state index < -0.39 is 0 Å². The summed E-state index contributed by atoms with van der Waals surface area (Å²) in [6.07, 6.45) is 1.65. The molecule has 0 saturated carbocycles. The predicted octanol–water partition coefficient (Wildman–Crippen LogP) is 2.89. The Morgan fingerprint density at radius 3 is 3.16 bits per heavy atom. The van der Waals surface area contributed by atoms with Gasteiger partial charge in [-0.05, 0) is 17.7 Å². The fourth-order valence-electron chi connectivity index (χ4n) is 1.43. The Kier molecular flexibility index (Phi) is 4.95. The summed E-state index contributed by atoms with van der Waals surface area (Å²) in [5.74, 6) is 1.02. The molecule has 96 valence electrons. The number of thiazole rings is 1. The number of benzene rings is 1. The molecule has 0 fully saturated rings. The molecular weight excluding hydrogens is 278 g/mol. The summed E-state index contributed by atoms with van der Waals surface area (Å²) in [4.78, 5) is 15.6. The number of carbonyl (C=O) groups excluding carboxylic acids is 1. The first-order valence-electron chi connectivity index (χ1n) is 5.54. The van der Waals surface area contributed by atoms with Crippen molar-refractivity contribution in [3.8, 4) is 6.07 Å². The van der Waals surface area contributed by atoms with Crippen molar-refractivity contribution in [2.75, 3.05) is 11.1 Å². The van der Waals surface area contributed by atoms with E-state index in [0.29, 0.717) is 22.2 Å². The highest BCUT2D eigenvalue weighted by molar-refractivity contribution is 7.99. The highest BCUT2D eigenvalue weighted by Crippen LogP contribution is 2.15. The predicted molar refractivity (Wildman–Crippen MR) is 78.1 cm³/mol. The minimum atomic E-state index is -0.0589. The molecule has 0 aliphatic heterocycles. The van der Waals surface area contributed by atoms with Crippen LogP contribution in [0.3, 0.4) is 0 Å². The molecule has 0 bridgehead atoms. The van der Waals surface area contributed by atoms with Crippen LogP contribution in [-0.2, 0) is 10.5 Å². The van der Waals surface area contributed by atoms with Gasteiger partial charge in [-0.15, -0.1) is 23.1 Å². The summed E-state index contributed by atoms with van der Waals surface area (Å²) in [6, 6.07) is 9.51. The van der Waals surface area contributed by atoms with Crippen molar-refractivity contribution in [3.63, 3.8) is 0 Å². The lowest BCUT2D eigenvalue weighted by atomic mass is 10.2. The van der Waals surface area contributed by atoms with Crippen LogP contribution in [0.25, 0.3) is 0 Å². The second-order valence-corrected chi connectivity index (χ2v) is 5.57. The van der Waals surface area contributed by atoms with E-state index in [4.69, 9.17) is 5.26 Å². The normalized spacial score (nSPS) is 9.84. The highest BCUT2D eigenvalue weighted by Gasteiger charge is 2.04. The average Bonchev–Trinajstić information content (AvgIpc) is 2.92. The summed E-state index contributed by atoms with van der Waals surface area (Å²) in [6.45, 7) is 0. The zero-order valence-electron chi connectivity index (χ0n) is 10.00. The lowest BCUT2D eigenvalue weighted by Gasteiger charge is -2.02. The van der Waals surface area contributed by atoms with Crippen LogP contribution in [-0.4, -0.2) is 16.6 Å². The number of nitrogens with one attached hydrogen (secondary N) is 1. The van der Waals surface area contributed by atoms with Gasteiger partial charge in [0.05, 0.1) is 17.4 Å². The zero-order valence-corrected chi connectivity index (χ0v) is 11.6. The van der Waals surface area contributed by atoms with E-state index in [1.54, 1.807) is 12.3 Å². The van der Waals surface area contributed by atoms with Crippen molar-refractivity contribution in [2.24, 2.45) is 0 Å². The van der Waals surface area contributed by atoms with E-state index in [0.717, 1.165) is 5.56 Å². The molecule has 1 aromatic heterocycles. The fourth-order valence-corrected chi connectivity index (χ4v) is 2.75. The van der Waals surface area contributed by atoms with Crippen LogP contribution in [0.5, 0.6) is 0 Å². The number of nitrogens with zero attached hydrogens (tertiary/aromatic N) is 2. The van der Waals surface area contributed by atoms with Gasteiger partial charge < -0.3 is 5.32 Å². The average molecular weight is 289 g/mol. The molecule has 4 nitrogen and oxygen atoms in total. The first-order chi connectivity index (χ1) is 9.28. The molecule has 2 aromatic rings. The second kappa shape index (κ2) is 6.92. The van der Waals surface area contributed by atoms with Gasteiger partial charge in [0, 0.05) is 17.3 Å². The van der Waals surface area contributed by atoms with Gasteiger partial charge in [-0.25, -0.2) is 4.98 Å². The second-order valence-electron chi connectivity index (χ2n) is 3.69. The molecule has 0 aliphatic carbocycles. The van der Waals surface area contributed by atoms with Gasteiger partial charge in [0.25, 0.3) is 0 Å². The maximum Gasteiger partial charge on any atom is 0.236 e. The Morgan fingerprint density at radius 1 is 1.53 bits per heavy atom. The molecule has 1 aromatic carbocycles. The van der Waals surface area contributed by atoms with Gasteiger partial charge in [0.2, 0.25) is 5.91 Å². The Hall–Kier alpha value is -1.84. The third kappa shape index (κ3) is 4.39. The van der Waals surface area contributed by atoms with Gasteiger partial charge in [-0.1, -0.05) is 12.1 Å². The smallest absolute Gasteiger partial charge is 0.236 e. The SMILES string of the molecule is N#Cc1cccc(CSCC(=O)Nc2nccs2)c1. The summed E-state index contributed by atoms with van der Waals surface area (Å²) < 4.78 is 0. The van der Waals surface area contributed by atoms with Crippen LogP contribution in [0, 0.1) is 11.3 Å². The number of amides is 1. The molecule has 1 heterocycles. The largest absolute Gasteiger partial charge is 0.301 e. The van der Waals surface area contributed by atoms with Crippen molar-refractivity contribution < 1.29 is 4.79 Å². The van der Waals surface area contributed by atoms with Gasteiger partial charge >= 0.3 is 0 Å². The molecule has 6 heteroatoms. The van der Waals surface area contributed by atoms with Crippen LogP contribution in [0.1, 0.15) is 11.1 Å². The van der Waals surface area contributed by atoms with Crippen LogP contribution in [0.15, 0.2) is 35.8 Å². The molecular formula is C13H11N3OS2. The van der Waals surface area contributed by atoms with Crippen LogP contribution in [0.2, 0.25) is 0 Å². The molecule has 0 saturated heterocycles. The molecule has 1 N–H and O–H groups in total. The fraction of sp³-hybridized carbons (Fsp3) is 0.154. The van der Waals surface area contributed by atoms with E-state index in [1.165, 1.54) is 23.1 Å². The lowest BCUT2D eigenvalue weighted by molar-refractivity contribution is -0.113. The molecule has 19 heavy (non-hydrogen) atoms. The summed E-state index contributed by atoms with van der Waals surface area (Å²) in [7, 11) is 0. The Balaban J connectivity index is 1.77. The van der Waals surface area contributed by atoms with Crippen LogP contribution in [0.4, 0.5) is 5.13 Å². The topological polar surface area (TPSA) is 65.8 Å². The number of anilines is 1. The quantitative estimate of drug-likeness (QED) is 0.919. The van der Waals surface area contributed by atoms with Crippen molar-refractivity contribution in [2.45, 2.75) is 5.75 Å². The van der Waals surface area contributed by atoms with Gasteiger partial charge in [0.1, 0.15) is 0 Å². The number of carbonyl (C=O) groups is 1. The standard InChI is InChI=1S/C13H11N3OS2/c14-7-10-2-1-3-11(6-10)8-18-9-12(17)16-13-15-4-5-19-13/h1-6H,8-9H2,(H,15,16,17). The number of aromatic nitrogens is 1. The number of thioether (sulfide) groups is 1. The highest BCUT2D eigenvalue weighted by atomic mass is 32.2. The first-order valence-corrected chi connectivity index (χ1v) is 7.57. The van der Waals surface area contributed by atoms with Crippen molar-refractivity contribution >= 4 is 34.1 Å². The van der Waals surface area contributed by atoms with Gasteiger partial charge in [0.15, 0.2) is 5.13 Å². The first kappa shape index (κ1) is 13.6. The minimum Gasteiger partial charge on any atom is -0.301 e. The summed E-state index contributed by atoms with van der Waals surface area (Å²) in [5.41, 5.74) is 1.69. The molecule has 0 aliphatic rings. The van der Waals surface area contributed by atoms with E-state index in [2.05, 4.69) is 16.4 Å². The summed E-state index contributed by atoms with van der Waals surface area (Å²) in [5, 5.41) is 14.0. The number of hydrogen-bond acceptors (Lipinski definition) is 5. The molecule has 0 spiro atoms. The van der Waals surface area contributed by atoms with Crippen LogP contribution >= 0.6 is 23.1 Å². The molecule has 0 unspecified atom stereocenters. The van der Waals surface area contributed by atoms with Crippen molar-refractivity contribution in [1.29, 1.82) is 5.26 Å². The number of nitriles is 1. The third-order valence-electron chi connectivity index (χ3n) is 2.24. The molecule has 2 rings (SSSR count). The van der Waals surface area contributed by atoms with E-state index in [1.807, 2.05) is 23.6 Å². The molecule has 0 atom stereocenters.